The number of nitrogens with one attached hydrogen (secondary N) is 1. The van der Waals surface area contributed by atoms with Crippen LogP contribution in [-0.4, -0.2) is 36.6 Å². The summed E-state index contributed by atoms with van der Waals surface area (Å²) in [4.78, 5) is 17.7. The molecule has 6 heteroatoms. The number of amides is 2. The summed E-state index contributed by atoms with van der Waals surface area (Å²) in [6, 6.07) is 9.57. The van der Waals surface area contributed by atoms with Gasteiger partial charge in [-0.3, -0.25) is 4.98 Å². The van der Waals surface area contributed by atoms with Gasteiger partial charge < -0.3 is 15.0 Å². The lowest BCUT2D eigenvalue weighted by Crippen LogP contribution is -2.39. The SMILES string of the molecule is CO[C@H](CNC(=O)N(C)Cc1ccncc1)c1ccc(F)cc1. The second-order valence-corrected chi connectivity index (χ2v) is 5.17. The molecule has 0 bridgehead atoms. The number of methoxy groups -OCH3 is 1. The maximum Gasteiger partial charge on any atom is 0.317 e. The molecule has 0 fully saturated rings. The normalized spacial score (nSPS) is 11.8. The molecule has 0 spiro atoms. The fourth-order valence-electron chi connectivity index (χ4n) is 2.16. The van der Waals surface area contributed by atoms with Gasteiger partial charge in [0.2, 0.25) is 0 Å². The van der Waals surface area contributed by atoms with Gasteiger partial charge in [-0.15, -0.1) is 0 Å². The number of nitrogens with zero attached hydrogens (tertiary/aromatic N) is 2. The number of ether oxygens (including phenoxy) is 1. The molecular formula is C17H20FN3O2. The molecule has 5 nitrogen and oxygen atoms in total. The van der Waals surface area contributed by atoms with Gasteiger partial charge in [-0.05, 0) is 35.4 Å². The van der Waals surface area contributed by atoms with E-state index in [1.807, 2.05) is 12.1 Å². The van der Waals surface area contributed by atoms with Gasteiger partial charge in [-0.1, -0.05) is 12.1 Å². The quantitative estimate of drug-likeness (QED) is 0.891. The molecule has 1 aromatic carbocycles. The van der Waals surface area contributed by atoms with E-state index in [4.69, 9.17) is 4.74 Å². The molecule has 2 rings (SSSR count). The first kappa shape index (κ1) is 16.9. The van der Waals surface area contributed by atoms with Gasteiger partial charge in [0.15, 0.2) is 0 Å². The number of benzene rings is 1. The first-order valence-electron chi connectivity index (χ1n) is 7.26. The van der Waals surface area contributed by atoms with E-state index >= 15 is 0 Å². The highest BCUT2D eigenvalue weighted by atomic mass is 19.1. The molecule has 1 atom stereocenters. The molecule has 1 heterocycles. The first-order chi connectivity index (χ1) is 11.1. The summed E-state index contributed by atoms with van der Waals surface area (Å²) in [5.74, 6) is -0.301. The maximum atomic E-state index is 13.0. The van der Waals surface area contributed by atoms with Crippen molar-refractivity contribution in [1.82, 2.24) is 15.2 Å². The van der Waals surface area contributed by atoms with Crippen molar-refractivity contribution in [2.24, 2.45) is 0 Å². The van der Waals surface area contributed by atoms with Crippen LogP contribution in [0.1, 0.15) is 17.2 Å². The number of hydrogen-bond donors (Lipinski definition) is 1. The van der Waals surface area contributed by atoms with Crippen LogP contribution in [0.5, 0.6) is 0 Å². The lowest BCUT2D eigenvalue weighted by Gasteiger charge is -2.21. The minimum Gasteiger partial charge on any atom is -0.375 e. The monoisotopic (exact) mass is 317 g/mol. The highest BCUT2D eigenvalue weighted by Crippen LogP contribution is 2.16. The Morgan fingerprint density at radius 2 is 1.91 bits per heavy atom. The Morgan fingerprint density at radius 1 is 1.26 bits per heavy atom. The summed E-state index contributed by atoms with van der Waals surface area (Å²) in [5.41, 5.74) is 1.81. The molecule has 1 aromatic heterocycles. The van der Waals surface area contributed by atoms with Crippen molar-refractivity contribution in [2.75, 3.05) is 20.7 Å². The molecule has 0 aliphatic heterocycles. The van der Waals surface area contributed by atoms with E-state index in [9.17, 15) is 9.18 Å². The molecular weight excluding hydrogens is 297 g/mol. The number of pyridine rings is 1. The van der Waals surface area contributed by atoms with E-state index in [1.54, 1.807) is 43.6 Å². The zero-order chi connectivity index (χ0) is 16.7. The summed E-state index contributed by atoms with van der Waals surface area (Å²) in [5, 5.41) is 2.82. The Balaban J connectivity index is 1.87. The molecule has 2 aromatic rings. The highest BCUT2D eigenvalue weighted by Gasteiger charge is 2.14. The number of urea groups is 1. The minimum absolute atomic E-state index is 0.203. The zero-order valence-corrected chi connectivity index (χ0v) is 13.2. The van der Waals surface area contributed by atoms with E-state index in [2.05, 4.69) is 10.3 Å². The highest BCUT2D eigenvalue weighted by molar-refractivity contribution is 5.73. The van der Waals surface area contributed by atoms with Gasteiger partial charge in [-0.25, -0.2) is 9.18 Å². The van der Waals surface area contributed by atoms with Crippen molar-refractivity contribution < 1.29 is 13.9 Å². The van der Waals surface area contributed by atoms with Gasteiger partial charge >= 0.3 is 6.03 Å². The average Bonchev–Trinajstić information content (AvgIpc) is 2.57. The van der Waals surface area contributed by atoms with Crippen LogP contribution < -0.4 is 5.32 Å². The van der Waals surface area contributed by atoms with Crippen molar-refractivity contribution in [1.29, 1.82) is 0 Å². The fourth-order valence-corrected chi connectivity index (χ4v) is 2.16. The molecule has 122 valence electrons. The van der Waals surface area contributed by atoms with Crippen LogP contribution in [0.15, 0.2) is 48.8 Å². The molecule has 0 saturated heterocycles. The van der Waals surface area contributed by atoms with Crippen LogP contribution in [0.4, 0.5) is 9.18 Å². The van der Waals surface area contributed by atoms with Crippen molar-refractivity contribution in [3.63, 3.8) is 0 Å². The van der Waals surface area contributed by atoms with E-state index in [0.29, 0.717) is 13.1 Å². The van der Waals surface area contributed by atoms with Crippen LogP contribution in [0.3, 0.4) is 0 Å². The summed E-state index contributed by atoms with van der Waals surface area (Å²) >= 11 is 0. The van der Waals surface area contributed by atoms with Crippen molar-refractivity contribution in [3.8, 4) is 0 Å². The van der Waals surface area contributed by atoms with Crippen LogP contribution in [0, 0.1) is 5.82 Å². The lowest BCUT2D eigenvalue weighted by atomic mass is 10.1. The zero-order valence-electron chi connectivity index (χ0n) is 13.2. The Kier molecular flexibility index (Phi) is 6.05. The predicted molar refractivity (Wildman–Crippen MR) is 85.3 cm³/mol. The first-order valence-corrected chi connectivity index (χ1v) is 7.26. The Bertz CT molecular complexity index is 619. The smallest absolute Gasteiger partial charge is 0.317 e. The second-order valence-electron chi connectivity index (χ2n) is 5.17. The third-order valence-corrected chi connectivity index (χ3v) is 3.48. The third-order valence-electron chi connectivity index (χ3n) is 3.48. The Morgan fingerprint density at radius 3 is 2.52 bits per heavy atom. The van der Waals surface area contributed by atoms with Gasteiger partial charge in [0, 0.05) is 39.6 Å². The predicted octanol–water partition coefficient (Wildman–Crippen LogP) is 2.75. The number of carbonyl (C=O) groups is 1. The molecule has 0 unspecified atom stereocenters. The Labute approximate surface area is 135 Å². The third kappa shape index (κ3) is 5.03. The average molecular weight is 317 g/mol. The number of hydrogen-bond acceptors (Lipinski definition) is 3. The standard InChI is InChI=1S/C17H20FN3O2/c1-21(12-13-7-9-19-10-8-13)17(22)20-11-16(23-2)14-3-5-15(18)6-4-14/h3-10,16H,11-12H2,1-2H3,(H,20,22)/t16-/m1/s1. The molecule has 1 N–H and O–H groups in total. The van der Waals surface area contributed by atoms with Gasteiger partial charge in [0.05, 0.1) is 6.10 Å². The summed E-state index contributed by atoms with van der Waals surface area (Å²) < 4.78 is 18.3. The van der Waals surface area contributed by atoms with E-state index in [-0.39, 0.29) is 18.0 Å². The van der Waals surface area contributed by atoms with Crippen molar-refractivity contribution in [3.05, 3.63) is 65.7 Å². The summed E-state index contributed by atoms with van der Waals surface area (Å²) in [6.45, 7) is 0.796. The van der Waals surface area contributed by atoms with Gasteiger partial charge in [-0.2, -0.15) is 0 Å². The van der Waals surface area contributed by atoms with E-state index < -0.39 is 0 Å². The van der Waals surface area contributed by atoms with Crippen LogP contribution in [0.25, 0.3) is 0 Å². The molecule has 23 heavy (non-hydrogen) atoms. The van der Waals surface area contributed by atoms with Gasteiger partial charge in [0.1, 0.15) is 5.82 Å². The Hall–Kier alpha value is -2.47. The molecule has 0 radical (unpaired) electrons. The minimum atomic E-state index is -0.325. The van der Waals surface area contributed by atoms with Crippen molar-refractivity contribution >= 4 is 6.03 Å². The molecule has 0 saturated carbocycles. The van der Waals surface area contributed by atoms with E-state index in [0.717, 1.165) is 11.1 Å². The van der Waals surface area contributed by atoms with Crippen LogP contribution in [0.2, 0.25) is 0 Å². The summed E-state index contributed by atoms with van der Waals surface area (Å²) in [7, 11) is 3.27. The van der Waals surface area contributed by atoms with E-state index in [1.165, 1.54) is 12.1 Å². The van der Waals surface area contributed by atoms with Crippen LogP contribution >= 0.6 is 0 Å². The maximum absolute atomic E-state index is 13.0. The van der Waals surface area contributed by atoms with Crippen LogP contribution in [-0.2, 0) is 11.3 Å². The topological polar surface area (TPSA) is 54.5 Å². The largest absolute Gasteiger partial charge is 0.375 e. The van der Waals surface area contributed by atoms with Gasteiger partial charge in [0.25, 0.3) is 0 Å². The molecule has 0 aliphatic carbocycles. The summed E-state index contributed by atoms with van der Waals surface area (Å²) in [6.07, 6.45) is 3.06. The fraction of sp³-hybridized carbons (Fsp3) is 0.294. The molecule has 0 aliphatic rings. The number of halogens is 1. The lowest BCUT2D eigenvalue weighted by molar-refractivity contribution is 0.102. The second kappa shape index (κ2) is 8.24. The number of rotatable bonds is 6. The number of aromatic nitrogens is 1. The number of carbonyl (C=O) groups excluding carboxylic acids is 1. The van der Waals surface area contributed by atoms with Crippen molar-refractivity contribution in [2.45, 2.75) is 12.6 Å². The molecule has 2 amide bonds.